The molecule has 0 fully saturated rings. The average molecular weight is 248 g/mol. The molecule has 0 aliphatic carbocycles. The molecule has 1 aromatic rings. The summed E-state index contributed by atoms with van der Waals surface area (Å²) >= 11 is 0. The van der Waals surface area contributed by atoms with Crippen LogP contribution < -0.4 is 10.6 Å². The maximum absolute atomic E-state index is 3.53. The van der Waals surface area contributed by atoms with Gasteiger partial charge in [-0.25, -0.2) is 0 Å². The third-order valence-electron chi connectivity index (χ3n) is 2.55. The van der Waals surface area contributed by atoms with Crippen LogP contribution in [0.15, 0.2) is 24.3 Å². The number of benzene rings is 1. The van der Waals surface area contributed by atoms with Crippen molar-refractivity contribution >= 4 is 11.4 Å². The van der Waals surface area contributed by atoms with Crippen molar-refractivity contribution in [3.05, 3.63) is 24.3 Å². The van der Waals surface area contributed by atoms with Gasteiger partial charge in [0.1, 0.15) is 0 Å². The molecule has 1 rings (SSSR count). The molecule has 0 unspecified atom stereocenters. The summed E-state index contributed by atoms with van der Waals surface area (Å²) in [6.45, 7) is 15.4. The summed E-state index contributed by atoms with van der Waals surface area (Å²) in [5.74, 6) is 0. The van der Waals surface area contributed by atoms with Crippen LogP contribution in [0.1, 0.15) is 41.5 Å². The van der Waals surface area contributed by atoms with Crippen LogP contribution in [-0.2, 0) is 0 Å². The van der Waals surface area contributed by atoms with Crippen molar-refractivity contribution < 1.29 is 0 Å². The second kappa shape index (κ2) is 5.64. The molecule has 0 aliphatic heterocycles. The van der Waals surface area contributed by atoms with Crippen LogP contribution in [0.3, 0.4) is 0 Å². The maximum atomic E-state index is 3.53. The Morgan fingerprint density at radius 1 is 0.722 bits per heavy atom. The molecule has 2 heteroatoms. The first-order chi connectivity index (χ1) is 8.17. The molecule has 0 saturated heterocycles. The predicted molar refractivity (Wildman–Crippen MR) is 82.3 cm³/mol. The fourth-order valence-corrected chi connectivity index (χ4v) is 1.51. The number of hydrogen-bond donors (Lipinski definition) is 2. The van der Waals surface area contributed by atoms with Gasteiger partial charge in [0.25, 0.3) is 0 Å². The molecule has 102 valence electrons. The van der Waals surface area contributed by atoms with Crippen molar-refractivity contribution in [2.75, 3.05) is 23.7 Å². The van der Waals surface area contributed by atoms with Crippen LogP contribution in [0.4, 0.5) is 11.4 Å². The zero-order chi connectivity index (χ0) is 13.8. The molecule has 0 radical (unpaired) electrons. The summed E-state index contributed by atoms with van der Waals surface area (Å²) in [6, 6.07) is 8.42. The highest BCUT2D eigenvalue weighted by atomic mass is 15.0. The van der Waals surface area contributed by atoms with Crippen molar-refractivity contribution in [1.82, 2.24) is 0 Å². The summed E-state index contributed by atoms with van der Waals surface area (Å²) in [7, 11) is 0. The number of hydrogen-bond acceptors (Lipinski definition) is 2. The smallest absolute Gasteiger partial charge is 0.0576 e. The van der Waals surface area contributed by atoms with E-state index in [0.29, 0.717) is 0 Å². The molecule has 1 aromatic carbocycles. The minimum Gasteiger partial charge on any atom is -0.383 e. The Balaban J connectivity index is 2.68. The number of para-hydroxylation sites is 2. The van der Waals surface area contributed by atoms with E-state index in [4.69, 9.17) is 0 Å². The fourth-order valence-electron chi connectivity index (χ4n) is 1.51. The van der Waals surface area contributed by atoms with Gasteiger partial charge in [0.15, 0.2) is 0 Å². The largest absolute Gasteiger partial charge is 0.383 e. The van der Waals surface area contributed by atoms with E-state index in [9.17, 15) is 0 Å². The Labute approximate surface area is 112 Å². The summed E-state index contributed by atoms with van der Waals surface area (Å²) in [5.41, 5.74) is 2.96. The van der Waals surface area contributed by atoms with Crippen LogP contribution in [0, 0.1) is 10.8 Å². The molecule has 0 bridgehead atoms. The van der Waals surface area contributed by atoms with Gasteiger partial charge in [-0.1, -0.05) is 53.7 Å². The quantitative estimate of drug-likeness (QED) is 0.813. The van der Waals surface area contributed by atoms with Gasteiger partial charge in [-0.15, -0.1) is 0 Å². The van der Waals surface area contributed by atoms with Gasteiger partial charge < -0.3 is 10.6 Å². The lowest BCUT2D eigenvalue weighted by molar-refractivity contribution is 0.441. The van der Waals surface area contributed by atoms with E-state index in [2.05, 4.69) is 76.4 Å². The topological polar surface area (TPSA) is 24.1 Å². The highest BCUT2D eigenvalue weighted by molar-refractivity contribution is 5.68. The third kappa shape index (κ3) is 5.95. The molecule has 2 N–H and O–H groups in total. The van der Waals surface area contributed by atoms with Gasteiger partial charge in [0.2, 0.25) is 0 Å². The zero-order valence-corrected chi connectivity index (χ0v) is 12.7. The molecule has 0 aromatic heterocycles. The Morgan fingerprint density at radius 3 is 1.33 bits per heavy atom. The zero-order valence-electron chi connectivity index (χ0n) is 12.7. The van der Waals surface area contributed by atoms with Crippen LogP contribution in [0.5, 0.6) is 0 Å². The van der Waals surface area contributed by atoms with Crippen LogP contribution in [0.2, 0.25) is 0 Å². The standard InChI is InChI=1S/C16H28N2/c1-15(2,3)11-17-13-9-7-8-10-14(13)18-12-16(4,5)6/h7-10,17-18H,11-12H2,1-6H3. The van der Waals surface area contributed by atoms with E-state index in [1.807, 2.05) is 0 Å². The molecular weight excluding hydrogens is 220 g/mol. The minimum absolute atomic E-state index is 0.289. The lowest BCUT2D eigenvalue weighted by atomic mass is 9.96. The highest BCUT2D eigenvalue weighted by Crippen LogP contribution is 2.25. The van der Waals surface area contributed by atoms with Crippen LogP contribution in [0.25, 0.3) is 0 Å². The Bertz CT molecular complexity index is 332. The SMILES string of the molecule is CC(C)(C)CNc1ccccc1NCC(C)(C)C. The van der Waals surface area contributed by atoms with E-state index < -0.39 is 0 Å². The molecule has 0 aliphatic rings. The van der Waals surface area contributed by atoms with Crippen LogP contribution in [-0.4, -0.2) is 13.1 Å². The maximum Gasteiger partial charge on any atom is 0.0576 e. The summed E-state index contributed by atoms with van der Waals surface area (Å²) < 4.78 is 0. The molecular formula is C16H28N2. The molecule has 18 heavy (non-hydrogen) atoms. The lowest BCUT2D eigenvalue weighted by Crippen LogP contribution is -2.22. The fraction of sp³-hybridized carbons (Fsp3) is 0.625. The Kier molecular flexibility index (Phi) is 4.66. The first kappa shape index (κ1) is 14.9. The average Bonchev–Trinajstić information content (AvgIpc) is 2.22. The van der Waals surface area contributed by atoms with Crippen molar-refractivity contribution in [3.8, 4) is 0 Å². The van der Waals surface area contributed by atoms with Gasteiger partial charge in [-0.05, 0) is 23.0 Å². The van der Waals surface area contributed by atoms with Crippen LogP contribution >= 0.6 is 0 Å². The Morgan fingerprint density at radius 2 is 1.06 bits per heavy atom. The van der Waals surface area contributed by atoms with E-state index in [-0.39, 0.29) is 10.8 Å². The van der Waals surface area contributed by atoms with Gasteiger partial charge >= 0.3 is 0 Å². The second-order valence-electron chi connectivity index (χ2n) is 7.37. The van der Waals surface area contributed by atoms with Crippen molar-refractivity contribution in [2.45, 2.75) is 41.5 Å². The first-order valence-electron chi connectivity index (χ1n) is 6.74. The van der Waals surface area contributed by atoms with Crippen molar-refractivity contribution in [3.63, 3.8) is 0 Å². The monoisotopic (exact) mass is 248 g/mol. The molecule has 0 amide bonds. The molecule has 2 nitrogen and oxygen atoms in total. The second-order valence-corrected chi connectivity index (χ2v) is 7.37. The van der Waals surface area contributed by atoms with Gasteiger partial charge in [0, 0.05) is 13.1 Å². The predicted octanol–water partition coefficient (Wildman–Crippen LogP) is 4.60. The number of rotatable bonds is 4. The normalized spacial score (nSPS) is 12.3. The van der Waals surface area contributed by atoms with E-state index in [1.54, 1.807) is 0 Å². The first-order valence-corrected chi connectivity index (χ1v) is 6.74. The van der Waals surface area contributed by atoms with Gasteiger partial charge in [0.05, 0.1) is 11.4 Å². The Hall–Kier alpha value is -1.18. The van der Waals surface area contributed by atoms with E-state index in [0.717, 1.165) is 13.1 Å². The summed E-state index contributed by atoms with van der Waals surface area (Å²) in [6.07, 6.45) is 0. The van der Waals surface area contributed by atoms with Gasteiger partial charge in [-0.2, -0.15) is 0 Å². The van der Waals surface area contributed by atoms with Crippen molar-refractivity contribution in [2.24, 2.45) is 10.8 Å². The lowest BCUT2D eigenvalue weighted by Gasteiger charge is -2.24. The summed E-state index contributed by atoms with van der Waals surface area (Å²) in [4.78, 5) is 0. The third-order valence-corrected chi connectivity index (χ3v) is 2.55. The molecule has 0 saturated carbocycles. The van der Waals surface area contributed by atoms with E-state index >= 15 is 0 Å². The molecule has 0 atom stereocenters. The minimum atomic E-state index is 0.289. The molecule has 0 spiro atoms. The number of anilines is 2. The van der Waals surface area contributed by atoms with Gasteiger partial charge in [-0.3, -0.25) is 0 Å². The summed E-state index contributed by atoms with van der Waals surface area (Å²) in [5, 5.41) is 7.05. The number of nitrogens with one attached hydrogen (secondary N) is 2. The highest BCUT2D eigenvalue weighted by Gasteiger charge is 2.13. The molecule has 0 heterocycles. The van der Waals surface area contributed by atoms with Crippen molar-refractivity contribution in [1.29, 1.82) is 0 Å². The van der Waals surface area contributed by atoms with E-state index in [1.165, 1.54) is 11.4 Å².